The van der Waals surface area contributed by atoms with Gasteiger partial charge in [-0.25, -0.2) is 0 Å². The summed E-state index contributed by atoms with van der Waals surface area (Å²) >= 11 is 0. The van der Waals surface area contributed by atoms with Crippen molar-refractivity contribution in [2.45, 2.75) is 0 Å². The maximum absolute atomic E-state index is 12.9. The first-order chi connectivity index (χ1) is 5.61. The minimum Gasteiger partial charge on any atom is -0.257 e. The van der Waals surface area contributed by atoms with Crippen LogP contribution in [0.15, 0.2) is 24.3 Å². The standard InChI is InChI=1S/C7H7F2NOP/c1-10-6-4-2-3-5-7(6)11-12(10,8)9/h2-5H,1H3/q+1. The number of nitrogens with zero attached hydrogens (tertiary/aromatic N) is 1. The SMILES string of the molecule is CN1c2ccccc2O[P+]1(F)F. The van der Waals surface area contributed by atoms with Gasteiger partial charge in [-0.1, -0.05) is 12.1 Å². The number of rotatable bonds is 0. The van der Waals surface area contributed by atoms with E-state index in [0.29, 0.717) is 5.69 Å². The maximum atomic E-state index is 12.9. The first-order valence-corrected chi connectivity index (χ1v) is 4.86. The summed E-state index contributed by atoms with van der Waals surface area (Å²) in [5, 5.41) is 0. The zero-order valence-electron chi connectivity index (χ0n) is 6.37. The fourth-order valence-electron chi connectivity index (χ4n) is 1.11. The number of anilines is 1. The molecule has 64 valence electrons. The fourth-order valence-corrected chi connectivity index (χ4v) is 2.04. The molecule has 12 heavy (non-hydrogen) atoms. The van der Waals surface area contributed by atoms with Gasteiger partial charge >= 0.3 is 8.26 Å². The van der Waals surface area contributed by atoms with Gasteiger partial charge in [-0.15, -0.1) is 0 Å². The highest BCUT2D eigenvalue weighted by Crippen LogP contribution is 2.72. The molecule has 1 heterocycles. The van der Waals surface area contributed by atoms with Crippen LogP contribution in [0.3, 0.4) is 0 Å². The number of hydrogen-bond donors (Lipinski definition) is 0. The summed E-state index contributed by atoms with van der Waals surface area (Å²) in [6.07, 6.45) is 0. The molecule has 0 amide bonds. The van der Waals surface area contributed by atoms with Crippen molar-refractivity contribution in [1.29, 1.82) is 0 Å². The fraction of sp³-hybridized carbons (Fsp3) is 0.143. The molecule has 0 unspecified atom stereocenters. The van der Waals surface area contributed by atoms with Gasteiger partial charge in [0.1, 0.15) is 5.69 Å². The van der Waals surface area contributed by atoms with Crippen molar-refractivity contribution in [3.63, 3.8) is 0 Å². The van der Waals surface area contributed by atoms with Crippen molar-refractivity contribution in [2.24, 2.45) is 0 Å². The van der Waals surface area contributed by atoms with Crippen LogP contribution in [0.4, 0.5) is 14.1 Å². The Labute approximate surface area is 69.5 Å². The molecule has 2 nitrogen and oxygen atoms in total. The third-order valence-electron chi connectivity index (χ3n) is 1.77. The number of para-hydroxylation sites is 2. The first kappa shape index (κ1) is 7.74. The molecule has 0 atom stereocenters. The molecule has 0 saturated heterocycles. The van der Waals surface area contributed by atoms with E-state index in [4.69, 9.17) is 0 Å². The molecule has 0 bridgehead atoms. The Bertz CT molecular complexity index is 318. The lowest BCUT2D eigenvalue weighted by molar-refractivity contribution is 0.488. The lowest BCUT2D eigenvalue weighted by atomic mass is 10.3. The third-order valence-corrected chi connectivity index (χ3v) is 3.10. The lowest BCUT2D eigenvalue weighted by Crippen LogP contribution is -2.08. The van der Waals surface area contributed by atoms with Crippen LogP contribution in [0.2, 0.25) is 0 Å². The Morgan fingerprint density at radius 3 is 2.67 bits per heavy atom. The Morgan fingerprint density at radius 1 is 1.33 bits per heavy atom. The van der Waals surface area contributed by atoms with Gasteiger partial charge in [0.25, 0.3) is 0 Å². The molecule has 0 fully saturated rings. The number of benzene rings is 1. The second-order valence-corrected chi connectivity index (χ2v) is 4.17. The molecule has 0 spiro atoms. The van der Waals surface area contributed by atoms with Crippen LogP contribution in [0.25, 0.3) is 0 Å². The molecule has 5 heteroatoms. The third kappa shape index (κ3) is 0.950. The molecule has 0 saturated carbocycles. The Morgan fingerprint density at radius 2 is 2.00 bits per heavy atom. The van der Waals surface area contributed by atoms with Crippen LogP contribution in [0, 0.1) is 0 Å². The summed E-state index contributed by atoms with van der Waals surface area (Å²) in [5.74, 6) is 0.276. The Balaban J connectivity index is 2.49. The molecule has 1 aromatic rings. The van der Waals surface area contributed by atoms with Crippen LogP contribution in [0.5, 0.6) is 5.75 Å². The van der Waals surface area contributed by atoms with E-state index in [9.17, 15) is 8.39 Å². The quantitative estimate of drug-likeness (QED) is 0.582. The predicted octanol–water partition coefficient (Wildman–Crippen LogP) is 3.13. The van der Waals surface area contributed by atoms with Crippen LogP contribution in [0.1, 0.15) is 0 Å². The van der Waals surface area contributed by atoms with Crippen LogP contribution >= 0.6 is 8.26 Å². The lowest BCUT2D eigenvalue weighted by Gasteiger charge is -2.04. The summed E-state index contributed by atoms with van der Waals surface area (Å²) in [5.41, 5.74) is 0.468. The second kappa shape index (κ2) is 2.30. The highest BCUT2D eigenvalue weighted by Gasteiger charge is 2.58. The largest absolute Gasteiger partial charge is 0.669 e. The van der Waals surface area contributed by atoms with Crippen molar-refractivity contribution in [2.75, 3.05) is 11.7 Å². The molecule has 1 aromatic carbocycles. The van der Waals surface area contributed by atoms with E-state index in [0.717, 1.165) is 4.67 Å². The number of halogens is 2. The Kier molecular flexibility index (Phi) is 1.48. The molecule has 0 N–H and O–H groups in total. The normalized spacial score (nSPS) is 18.8. The maximum Gasteiger partial charge on any atom is 0.669 e. The van der Waals surface area contributed by atoms with Crippen molar-refractivity contribution < 1.29 is 12.9 Å². The summed E-state index contributed by atoms with van der Waals surface area (Å²) in [6.45, 7) is 0. The van der Waals surface area contributed by atoms with Crippen molar-refractivity contribution >= 4 is 13.9 Å². The number of hydrogen-bond acceptors (Lipinski definition) is 2. The zero-order valence-corrected chi connectivity index (χ0v) is 7.26. The van der Waals surface area contributed by atoms with E-state index in [1.807, 2.05) is 0 Å². The molecular formula is C7H7F2NOP+. The molecule has 0 aromatic heterocycles. The van der Waals surface area contributed by atoms with Crippen LogP contribution < -0.4 is 9.19 Å². The average Bonchev–Trinajstić information content (AvgIpc) is 2.24. The molecule has 2 rings (SSSR count). The summed E-state index contributed by atoms with van der Waals surface area (Å²) in [4.78, 5) is 0. The van der Waals surface area contributed by atoms with Crippen molar-refractivity contribution in [3.05, 3.63) is 24.3 Å². The zero-order chi connectivity index (χ0) is 8.77. The van der Waals surface area contributed by atoms with Crippen molar-refractivity contribution in [1.82, 2.24) is 0 Å². The smallest absolute Gasteiger partial charge is 0.257 e. The van der Waals surface area contributed by atoms with Gasteiger partial charge in [0.05, 0.1) is 15.4 Å². The number of fused-ring (bicyclic) bond motifs is 1. The summed E-state index contributed by atoms with van der Waals surface area (Å²) in [6, 6.07) is 6.56. The average molecular weight is 190 g/mol. The first-order valence-electron chi connectivity index (χ1n) is 3.42. The van der Waals surface area contributed by atoms with Gasteiger partial charge in [-0.2, -0.15) is 4.67 Å². The monoisotopic (exact) mass is 190 g/mol. The van der Waals surface area contributed by atoms with Gasteiger partial charge in [-0.05, 0) is 12.1 Å². The molecule has 1 aliphatic rings. The van der Waals surface area contributed by atoms with E-state index in [1.54, 1.807) is 24.3 Å². The molecule has 1 aliphatic heterocycles. The molecular weight excluding hydrogens is 183 g/mol. The van der Waals surface area contributed by atoms with Crippen molar-refractivity contribution in [3.8, 4) is 5.75 Å². The highest BCUT2D eigenvalue weighted by molar-refractivity contribution is 7.63. The van der Waals surface area contributed by atoms with E-state index in [-0.39, 0.29) is 5.75 Å². The van der Waals surface area contributed by atoms with Crippen LogP contribution in [-0.2, 0) is 0 Å². The van der Waals surface area contributed by atoms with Gasteiger partial charge in [-0.3, -0.25) is 4.52 Å². The van der Waals surface area contributed by atoms with Gasteiger partial charge in [0.15, 0.2) is 0 Å². The minimum absolute atomic E-state index is 0.276. The minimum atomic E-state index is -4.33. The van der Waals surface area contributed by atoms with Gasteiger partial charge < -0.3 is 0 Å². The van der Waals surface area contributed by atoms with Crippen LogP contribution in [-0.4, -0.2) is 7.05 Å². The summed E-state index contributed by atoms with van der Waals surface area (Å²) in [7, 11) is -2.99. The van der Waals surface area contributed by atoms with E-state index in [2.05, 4.69) is 4.52 Å². The molecule has 0 aliphatic carbocycles. The molecule has 0 radical (unpaired) electrons. The summed E-state index contributed by atoms with van der Waals surface area (Å²) < 4.78 is 31.3. The van der Waals surface area contributed by atoms with E-state index >= 15 is 0 Å². The van der Waals surface area contributed by atoms with E-state index < -0.39 is 8.26 Å². The van der Waals surface area contributed by atoms with Gasteiger partial charge in [0, 0.05) is 0 Å². The highest BCUT2D eigenvalue weighted by atomic mass is 31.3. The van der Waals surface area contributed by atoms with Gasteiger partial charge in [0.2, 0.25) is 5.75 Å². The van der Waals surface area contributed by atoms with E-state index in [1.165, 1.54) is 7.05 Å². The Hall–Kier alpha value is -0.890. The predicted molar refractivity (Wildman–Crippen MR) is 44.6 cm³/mol. The topological polar surface area (TPSA) is 12.5 Å². The second-order valence-electron chi connectivity index (χ2n) is 2.52.